The summed E-state index contributed by atoms with van der Waals surface area (Å²) in [5.41, 5.74) is 0.744. The number of aryl methyl sites for hydroxylation is 1. The minimum absolute atomic E-state index is 0.127. The number of carbonyl (C=O) groups is 2. The molecule has 0 bridgehead atoms. The van der Waals surface area contributed by atoms with Crippen LogP contribution in [0.3, 0.4) is 0 Å². The number of carbonyl (C=O) groups excluding carboxylic acids is 2. The molecular weight excluding hydrogens is 432 g/mol. The van der Waals surface area contributed by atoms with Crippen LogP contribution in [0.2, 0.25) is 0 Å². The number of nitrogens with one attached hydrogen (secondary N) is 1. The number of hydrogen-bond donors (Lipinski definition) is 1. The third-order valence-corrected chi connectivity index (χ3v) is 6.81. The lowest BCUT2D eigenvalue weighted by Crippen LogP contribution is -2.53. The summed E-state index contributed by atoms with van der Waals surface area (Å²) in [5.74, 6) is 0.492. The fraction of sp³-hybridized carbons (Fsp3) is 0.423. The molecule has 1 aliphatic carbocycles. The second-order valence-electron chi connectivity index (χ2n) is 8.35. The standard InChI is InChI=1S/C26H34N4O2S/c1-4-10-21(11-5-2)25(26(32)28-22-12-7-6-8-13-22)30(18-23-14-9-17-33-23)24(31)19-29-16-15-27-20(29)3/h4-5,9-11,14-17,22,25H,1,6-8,12-13,18-19H2,2-3H3,(H,28,32)/b11-5-,21-10+. The highest BCUT2D eigenvalue weighted by Gasteiger charge is 2.33. The molecule has 0 aromatic carbocycles. The van der Waals surface area contributed by atoms with Crippen LogP contribution < -0.4 is 5.32 Å². The smallest absolute Gasteiger partial charge is 0.247 e. The number of allylic oxidation sites excluding steroid dienone is 3. The maximum Gasteiger partial charge on any atom is 0.247 e. The van der Waals surface area contributed by atoms with Gasteiger partial charge in [-0.1, -0.05) is 56.2 Å². The van der Waals surface area contributed by atoms with Gasteiger partial charge in [-0.05, 0) is 43.7 Å². The zero-order chi connectivity index (χ0) is 23.6. The van der Waals surface area contributed by atoms with Gasteiger partial charge in [-0.3, -0.25) is 9.59 Å². The Kier molecular flexibility index (Phi) is 9.24. The van der Waals surface area contributed by atoms with Crippen molar-refractivity contribution in [2.75, 3.05) is 0 Å². The third-order valence-electron chi connectivity index (χ3n) is 5.95. The molecule has 0 aliphatic heterocycles. The number of hydrogen-bond acceptors (Lipinski definition) is 4. The normalized spacial score (nSPS) is 16.0. The lowest BCUT2D eigenvalue weighted by Gasteiger charge is -2.34. The molecule has 0 radical (unpaired) electrons. The van der Waals surface area contributed by atoms with Crippen LogP contribution >= 0.6 is 11.3 Å². The predicted molar refractivity (Wildman–Crippen MR) is 134 cm³/mol. The largest absolute Gasteiger partial charge is 0.351 e. The van der Waals surface area contributed by atoms with E-state index >= 15 is 0 Å². The third kappa shape index (κ3) is 6.78. The van der Waals surface area contributed by atoms with Crippen LogP contribution in [0, 0.1) is 6.92 Å². The van der Waals surface area contributed by atoms with Crippen LogP contribution in [-0.4, -0.2) is 38.3 Å². The van der Waals surface area contributed by atoms with Gasteiger partial charge in [-0.25, -0.2) is 4.98 Å². The van der Waals surface area contributed by atoms with Gasteiger partial charge in [-0.2, -0.15) is 0 Å². The van der Waals surface area contributed by atoms with Crippen molar-refractivity contribution >= 4 is 23.2 Å². The van der Waals surface area contributed by atoms with E-state index in [2.05, 4.69) is 16.9 Å². The molecule has 1 saturated carbocycles. The molecule has 1 unspecified atom stereocenters. The van der Waals surface area contributed by atoms with Crippen molar-refractivity contribution < 1.29 is 9.59 Å². The Labute approximate surface area is 200 Å². The van der Waals surface area contributed by atoms with Gasteiger partial charge in [-0.15, -0.1) is 11.3 Å². The highest BCUT2D eigenvalue weighted by Crippen LogP contribution is 2.23. The topological polar surface area (TPSA) is 67.2 Å². The lowest BCUT2D eigenvalue weighted by molar-refractivity contribution is -0.140. The van der Waals surface area contributed by atoms with Gasteiger partial charge in [0.2, 0.25) is 11.8 Å². The number of nitrogens with zero attached hydrogens (tertiary/aromatic N) is 3. The first-order chi connectivity index (χ1) is 16.0. The second-order valence-corrected chi connectivity index (χ2v) is 9.38. The molecule has 3 rings (SSSR count). The Morgan fingerprint density at radius 1 is 1.36 bits per heavy atom. The van der Waals surface area contributed by atoms with E-state index in [9.17, 15) is 9.59 Å². The molecule has 1 aliphatic rings. The predicted octanol–water partition coefficient (Wildman–Crippen LogP) is 4.79. The van der Waals surface area contributed by atoms with E-state index in [1.54, 1.807) is 34.7 Å². The molecule has 1 atom stereocenters. The number of imidazole rings is 1. The zero-order valence-electron chi connectivity index (χ0n) is 19.6. The molecule has 2 amide bonds. The minimum Gasteiger partial charge on any atom is -0.351 e. The molecule has 1 N–H and O–H groups in total. The first-order valence-electron chi connectivity index (χ1n) is 11.6. The van der Waals surface area contributed by atoms with E-state index in [-0.39, 0.29) is 24.4 Å². The summed E-state index contributed by atoms with van der Waals surface area (Å²) < 4.78 is 1.81. The summed E-state index contributed by atoms with van der Waals surface area (Å²) >= 11 is 1.58. The van der Waals surface area contributed by atoms with Crippen molar-refractivity contribution in [2.24, 2.45) is 0 Å². The van der Waals surface area contributed by atoms with Gasteiger partial charge in [0.15, 0.2) is 0 Å². The summed E-state index contributed by atoms with van der Waals surface area (Å²) in [4.78, 5) is 34.3. The fourth-order valence-corrected chi connectivity index (χ4v) is 4.97. The van der Waals surface area contributed by atoms with Gasteiger partial charge < -0.3 is 14.8 Å². The molecule has 176 valence electrons. The summed E-state index contributed by atoms with van der Waals surface area (Å²) in [5, 5.41) is 5.23. The average Bonchev–Trinajstić information content (AvgIpc) is 3.46. The van der Waals surface area contributed by atoms with Crippen molar-refractivity contribution in [3.8, 4) is 0 Å². The van der Waals surface area contributed by atoms with Crippen LogP contribution in [0.5, 0.6) is 0 Å². The SMILES string of the molecule is C=C/C=C(\C=C/C)C(C(=O)NC1CCCCC1)N(Cc1cccs1)C(=O)Cn1ccnc1C. The highest BCUT2D eigenvalue weighted by molar-refractivity contribution is 7.09. The van der Waals surface area contributed by atoms with E-state index in [0.717, 1.165) is 42.0 Å². The van der Waals surface area contributed by atoms with Gasteiger partial charge in [0.25, 0.3) is 0 Å². The summed E-state index contributed by atoms with van der Waals surface area (Å²) in [6, 6.07) is 3.36. The Morgan fingerprint density at radius 2 is 2.15 bits per heavy atom. The second kappa shape index (κ2) is 12.3. The molecule has 2 aromatic rings. The maximum absolute atomic E-state index is 13.7. The van der Waals surface area contributed by atoms with E-state index in [4.69, 9.17) is 0 Å². The van der Waals surface area contributed by atoms with Gasteiger partial charge in [0, 0.05) is 23.3 Å². The quantitative estimate of drug-likeness (QED) is 0.512. The first kappa shape index (κ1) is 24.7. The Morgan fingerprint density at radius 3 is 2.76 bits per heavy atom. The summed E-state index contributed by atoms with van der Waals surface area (Å²) in [7, 11) is 0. The lowest BCUT2D eigenvalue weighted by atomic mass is 9.94. The van der Waals surface area contributed by atoms with Gasteiger partial charge in [0.05, 0.1) is 6.54 Å². The Balaban J connectivity index is 1.97. The van der Waals surface area contributed by atoms with E-state index in [1.165, 1.54) is 6.42 Å². The Hall–Kier alpha value is -2.93. The molecule has 7 heteroatoms. The number of thiophene rings is 1. The molecular formula is C26H34N4O2S. The molecule has 6 nitrogen and oxygen atoms in total. The maximum atomic E-state index is 13.7. The molecule has 0 saturated heterocycles. The van der Waals surface area contributed by atoms with E-state index in [0.29, 0.717) is 6.54 Å². The van der Waals surface area contributed by atoms with Gasteiger partial charge >= 0.3 is 0 Å². The van der Waals surface area contributed by atoms with Crippen molar-refractivity contribution in [1.29, 1.82) is 0 Å². The van der Waals surface area contributed by atoms with Crippen LogP contribution in [0.25, 0.3) is 0 Å². The van der Waals surface area contributed by atoms with Gasteiger partial charge in [0.1, 0.15) is 18.4 Å². The van der Waals surface area contributed by atoms with Crippen molar-refractivity contribution in [2.45, 2.75) is 71.1 Å². The van der Waals surface area contributed by atoms with E-state index in [1.807, 2.05) is 54.2 Å². The molecule has 33 heavy (non-hydrogen) atoms. The monoisotopic (exact) mass is 466 g/mol. The minimum atomic E-state index is -0.750. The zero-order valence-corrected chi connectivity index (χ0v) is 20.4. The first-order valence-corrected chi connectivity index (χ1v) is 12.5. The van der Waals surface area contributed by atoms with Crippen LogP contribution in [0.15, 0.2) is 66.4 Å². The van der Waals surface area contributed by atoms with Crippen molar-refractivity contribution in [3.05, 3.63) is 77.1 Å². The fourth-order valence-electron chi connectivity index (χ4n) is 4.27. The molecule has 0 spiro atoms. The molecule has 1 fully saturated rings. The summed E-state index contributed by atoms with van der Waals surface area (Å²) in [6.45, 7) is 8.10. The number of aromatic nitrogens is 2. The van der Waals surface area contributed by atoms with Crippen LogP contribution in [0.1, 0.15) is 49.7 Å². The highest BCUT2D eigenvalue weighted by atomic mass is 32.1. The van der Waals surface area contributed by atoms with Crippen LogP contribution in [0.4, 0.5) is 0 Å². The van der Waals surface area contributed by atoms with Crippen molar-refractivity contribution in [1.82, 2.24) is 19.8 Å². The summed E-state index contributed by atoms with van der Waals surface area (Å²) in [6.07, 6.45) is 16.2. The van der Waals surface area contributed by atoms with Crippen LogP contribution in [-0.2, 0) is 22.7 Å². The molecule has 2 aromatic heterocycles. The van der Waals surface area contributed by atoms with E-state index < -0.39 is 6.04 Å². The van der Waals surface area contributed by atoms with Crippen molar-refractivity contribution in [3.63, 3.8) is 0 Å². The Bertz CT molecular complexity index is 984. The number of rotatable bonds is 10. The average molecular weight is 467 g/mol. The molecule has 2 heterocycles. The number of amides is 2.